The zero-order valence-electron chi connectivity index (χ0n) is 10.8. The normalized spacial score (nSPS) is 10.5. The Balaban J connectivity index is 2.12. The molecule has 20 heavy (non-hydrogen) atoms. The third-order valence-electron chi connectivity index (χ3n) is 2.65. The van der Waals surface area contributed by atoms with Crippen molar-refractivity contribution >= 4 is 29.3 Å². The van der Waals surface area contributed by atoms with Crippen molar-refractivity contribution in [2.45, 2.75) is 24.0 Å². The molecule has 0 atom stereocenters. The molecule has 0 spiro atoms. The van der Waals surface area contributed by atoms with Crippen molar-refractivity contribution in [2.75, 3.05) is 0 Å². The van der Waals surface area contributed by atoms with Crippen molar-refractivity contribution in [1.82, 2.24) is 9.97 Å². The Labute approximate surface area is 126 Å². The number of carboxylic acids is 1. The van der Waals surface area contributed by atoms with Gasteiger partial charge in [0, 0.05) is 16.1 Å². The zero-order chi connectivity index (χ0) is 14.5. The topological polar surface area (TPSA) is 63.1 Å². The molecule has 4 nitrogen and oxygen atoms in total. The number of hydrogen-bond acceptors (Lipinski definition) is 4. The van der Waals surface area contributed by atoms with Crippen molar-refractivity contribution in [1.29, 1.82) is 0 Å². The van der Waals surface area contributed by atoms with Gasteiger partial charge >= 0.3 is 5.97 Å². The van der Waals surface area contributed by atoms with Crippen molar-refractivity contribution in [3.63, 3.8) is 0 Å². The maximum absolute atomic E-state index is 11.0. The minimum absolute atomic E-state index is 0.170. The number of nitrogens with zero attached hydrogens (tertiary/aromatic N) is 2. The molecule has 2 aromatic rings. The van der Waals surface area contributed by atoms with Crippen LogP contribution >= 0.6 is 23.4 Å². The van der Waals surface area contributed by atoms with Gasteiger partial charge in [-0.3, -0.25) is 0 Å². The SMILES string of the molecule is CCc1nc(CSc2cccc(Cl)c2)ncc1C(=O)O. The second-order valence-electron chi connectivity index (χ2n) is 4.05. The van der Waals surface area contributed by atoms with E-state index in [9.17, 15) is 4.79 Å². The molecule has 104 valence electrons. The van der Waals surface area contributed by atoms with Gasteiger partial charge in [0.05, 0.1) is 17.0 Å². The molecule has 6 heteroatoms. The van der Waals surface area contributed by atoms with E-state index in [1.165, 1.54) is 6.20 Å². The highest BCUT2D eigenvalue weighted by Gasteiger charge is 2.12. The lowest BCUT2D eigenvalue weighted by molar-refractivity contribution is 0.0694. The van der Waals surface area contributed by atoms with Crippen LogP contribution in [0.4, 0.5) is 0 Å². The molecule has 1 aromatic heterocycles. The number of aromatic nitrogens is 2. The maximum atomic E-state index is 11.0. The van der Waals surface area contributed by atoms with E-state index in [1.54, 1.807) is 11.8 Å². The van der Waals surface area contributed by atoms with Crippen LogP contribution in [0.1, 0.15) is 28.8 Å². The number of carboxylic acid groups (broad SMARTS) is 1. The van der Waals surface area contributed by atoms with Crippen LogP contribution in [-0.4, -0.2) is 21.0 Å². The van der Waals surface area contributed by atoms with Crippen LogP contribution in [0, 0.1) is 0 Å². The van der Waals surface area contributed by atoms with Crippen molar-refractivity contribution in [3.8, 4) is 0 Å². The summed E-state index contributed by atoms with van der Waals surface area (Å²) in [5, 5.41) is 9.71. The largest absolute Gasteiger partial charge is 0.478 e. The predicted octanol–water partition coefficient (Wildman–Crippen LogP) is 3.68. The monoisotopic (exact) mass is 308 g/mol. The van der Waals surface area contributed by atoms with E-state index in [0.29, 0.717) is 28.7 Å². The smallest absolute Gasteiger partial charge is 0.339 e. The number of hydrogen-bond donors (Lipinski definition) is 1. The minimum atomic E-state index is -0.990. The minimum Gasteiger partial charge on any atom is -0.478 e. The first-order chi connectivity index (χ1) is 9.60. The molecule has 0 saturated heterocycles. The van der Waals surface area contributed by atoms with Gasteiger partial charge in [0.2, 0.25) is 0 Å². The summed E-state index contributed by atoms with van der Waals surface area (Å²) in [7, 11) is 0. The highest BCUT2D eigenvalue weighted by Crippen LogP contribution is 2.24. The lowest BCUT2D eigenvalue weighted by Crippen LogP contribution is -2.07. The average Bonchev–Trinajstić information content (AvgIpc) is 2.44. The average molecular weight is 309 g/mol. The number of halogens is 1. The quantitative estimate of drug-likeness (QED) is 0.854. The lowest BCUT2D eigenvalue weighted by atomic mass is 10.2. The van der Waals surface area contributed by atoms with Gasteiger partial charge in [-0.2, -0.15) is 0 Å². The Hall–Kier alpha value is -1.59. The van der Waals surface area contributed by atoms with Gasteiger partial charge < -0.3 is 5.11 Å². The van der Waals surface area contributed by atoms with E-state index in [-0.39, 0.29) is 5.56 Å². The third kappa shape index (κ3) is 3.71. The Morgan fingerprint density at radius 2 is 2.25 bits per heavy atom. The summed E-state index contributed by atoms with van der Waals surface area (Å²) in [6, 6.07) is 7.54. The van der Waals surface area contributed by atoms with Crippen LogP contribution in [0.3, 0.4) is 0 Å². The molecule has 0 aliphatic rings. The second-order valence-corrected chi connectivity index (χ2v) is 5.54. The summed E-state index contributed by atoms with van der Waals surface area (Å²) in [6.07, 6.45) is 1.95. The van der Waals surface area contributed by atoms with Crippen LogP contribution in [0.2, 0.25) is 5.02 Å². The summed E-state index contributed by atoms with van der Waals surface area (Å²) >= 11 is 7.48. The molecule has 0 saturated carbocycles. The first-order valence-electron chi connectivity index (χ1n) is 6.06. The number of benzene rings is 1. The number of aryl methyl sites for hydroxylation is 1. The molecule has 0 radical (unpaired) electrons. The number of rotatable bonds is 5. The summed E-state index contributed by atoms with van der Waals surface area (Å²) in [4.78, 5) is 20.4. The lowest BCUT2D eigenvalue weighted by Gasteiger charge is -2.06. The first-order valence-corrected chi connectivity index (χ1v) is 7.43. The summed E-state index contributed by atoms with van der Waals surface area (Å²) in [6.45, 7) is 1.88. The molecule has 1 N–H and O–H groups in total. The fourth-order valence-electron chi connectivity index (χ4n) is 1.68. The molecule has 2 rings (SSSR count). The van der Waals surface area contributed by atoms with E-state index in [0.717, 1.165) is 4.90 Å². The van der Waals surface area contributed by atoms with Crippen LogP contribution in [0.15, 0.2) is 35.4 Å². The summed E-state index contributed by atoms with van der Waals surface area (Å²) in [5.74, 6) is 0.209. The molecule has 1 aromatic carbocycles. The van der Waals surface area contributed by atoms with Gasteiger partial charge in [-0.05, 0) is 24.6 Å². The molecule has 0 amide bonds. The van der Waals surface area contributed by atoms with Gasteiger partial charge in [-0.25, -0.2) is 14.8 Å². The van der Waals surface area contributed by atoms with Gasteiger partial charge in [0.25, 0.3) is 0 Å². The zero-order valence-corrected chi connectivity index (χ0v) is 12.4. The van der Waals surface area contributed by atoms with Crippen molar-refractivity contribution < 1.29 is 9.90 Å². The number of carbonyl (C=O) groups is 1. The first kappa shape index (κ1) is 14.8. The van der Waals surface area contributed by atoms with Gasteiger partial charge in [0.1, 0.15) is 5.82 Å². The van der Waals surface area contributed by atoms with Gasteiger partial charge in [0.15, 0.2) is 0 Å². The van der Waals surface area contributed by atoms with Gasteiger partial charge in [-0.15, -0.1) is 11.8 Å². The molecular formula is C14H13ClN2O2S. The Kier molecular flexibility index (Phi) is 4.98. The third-order valence-corrected chi connectivity index (χ3v) is 3.87. The van der Waals surface area contributed by atoms with E-state index >= 15 is 0 Å². The molecule has 0 bridgehead atoms. The number of aromatic carboxylic acids is 1. The van der Waals surface area contributed by atoms with E-state index in [4.69, 9.17) is 16.7 Å². The summed E-state index contributed by atoms with van der Waals surface area (Å²) < 4.78 is 0. The standard InChI is InChI=1S/C14H13ClN2O2S/c1-2-12-11(14(18)19)7-16-13(17-12)8-20-10-5-3-4-9(15)6-10/h3-7H,2,8H2,1H3,(H,18,19). The fourth-order valence-corrected chi connectivity index (χ4v) is 2.76. The van der Waals surface area contributed by atoms with Crippen molar-refractivity contribution in [2.24, 2.45) is 0 Å². The van der Waals surface area contributed by atoms with E-state index in [1.807, 2.05) is 31.2 Å². The number of thioether (sulfide) groups is 1. The highest BCUT2D eigenvalue weighted by atomic mass is 35.5. The molecular weight excluding hydrogens is 296 g/mol. The molecule has 0 unspecified atom stereocenters. The van der Waals surface area contributed by atoms with Gasteiger partial charge in [-0.1, -0.05) is 24.6 Å². The Bertz CT molecular complexity index is 634. The van der Waals surface area contributed by atoms with E-state index in [2.05, 4.69) is 9.97 Å². The van der Waals surface area contributed by atoms with Crippen molar-refractivity contribution in [3.05, 3.63) is 52.6 Å². The molecule has 0 aliphatic heterocycles. The predicted molar refractivity (Wildman–Crippen MR) is 79.4 cm³/mol. The van der Waals surface area contributed by atoms with Crippen LogP contribution < -0.4 is 0 Å². The second kappa shape index (κ2) is 6.72. The van der Waals surface area contributed by atoms with Crippen LogP contribution in [0.5, 0.6) is 0 Å². The molecule has 0 aliphatic carbocycles. The Morgan fingerprint density at radius 3 is 2.90 bits per heavy atom. The summed E-state index contributed by atoms with van der Waals surface area (Å²) in [5.41, 5.74) is 0.734. The Morgan fingerprint density at radius 1 is 1.45 bits per heavy atom. The molecule has 1 heterocycles. The maximum Gasteiger partial charge on any atom is 0.339 e. The van der Waals surface area contributed by atoms with E-state index < -0.39 is 5.97 Å². The highest BCUT2D eigenvalue weighted by molar-refractivity contribution is 7.98. The van der Waals surface area contributed by atoms with Crippen LogP contribution in [0.25, 0.3) is 0 Å². The van der Waals surface area contributed by atoms with Crippen LogP contribution in [-0.2, 0) is 12.2 Å². The fraction of sp³-hybridized carbons (Fsp3) is 0.214. The molecule has 0 fully saturated rings.